The van der Waals surface area contributed by atoms with E-state index >= 15 is 0 Å². The zero-order chi connectivity index (χ0) is 29.5. The van der Waals surface area contributed by atoms with Crippen molar-refractivity contribution in [2.45, 2.75) is 64.1 Å². The Balaban J connectivity index is 1.22. The molecule has 1 saturated heterocycles. The predicted octanol–water partition coefficient (Wildman–Crippen LogP) is 4.73. The molecule has 3 aromatic rings. The number of piperidine rings is 1. The molecular formula is C26H30F4N6O3S2. The molecular weight excluding hydrogens is 584 g/mol. The Bertz CT molecular complexity index is 1550. The third kappa shape index (κ3) is 6.74. The van der Waals surface area contributed by atoms with Crippen molar-refractivity contribution in [1.82, 2.24) is 30.3 Å². The number of nitrogens with one attached hydrogen (secondary N) is 2. The minimum atomic E-state index is -4.49. The number of hydrogen-bond donors (Lipinski definition) is 2. The van der Waals surface area contributed by atoms with Crippen LogP contribution in [0.5, 0.6) is 5.75 Å². The molecule has 41 heavy (non-hydrogen) atoms. The fourth-order valence-electron chi connectivity index (χ4n) is 5.14. The van der Waals surface area contributed by atoms with Crippen LogP contribution in [0.4, 0.5) is 17.6 Å². The van der Waals surface area contributed by atoms with Crippen LogP contribution < -0.4 is 14.8 Å². The van der Waals surface area contributed by atoms with E-state index < -0.39 is 27.8 Å². The Labute approximate surface area is 239 Å². The Morgan fingerprint density at radius 2 is 1.90 bits per heavy atom. The largest absolute Gasteiger partial charge is 0.435 e. The Hall–Kier alpha value is -3.01. The van der Waals surface area contributed by atoms with Gasteiger partial charge in [-0.05, 0) is 44.9 Å². The van der Waals surface area contributed by atoms with Crippen molar-refractivity contribution in [1.29, 1.82) is 0 Å². The molecule has 2 aliphatic heterocycles. The summed E-state index contributed by atoms with van der Waals surface area (Å²) in [5.74, 6) is -0.143. The molecule has 2 aromatic heterocycles. The number of rotatable bonds is 6. The van der Waals surface area contributed by atoms with Crippen LogP contribution in [-0.2, 0) is 29.4 Å². The zero-order valence-corrected chi connectivity index (χ0v) is 24.2. The first-order chi connectivity index (χ1) is 19.3. The summed E-state index contributed by atoms with van der Waals surface area (Å²) in [5, 5.41) is 13.1. The lowest BCUT2D eigenvalue weighted by Gasteiger charge is -2.36. The maximum Gasteiger partial charge on any atom is 0.435 e. The van der Waals surface area contributed by atoms with E-state index in [9.17, 15) is 26.0 Å². The van der Waals surface area contributed by atoms with Crippen LogP contribution >= 0.6 is 11.3 Å². The second-order valence-electron chi connectivity index (χ2n) is 10.3. The molecule has 2 N–H and O–H groups in total. The molecule has 222 valence electrons. The van der Waals surface area contributed by atoms with Crippen LogP contribution in [0.3, 0.4) is 0 Å². The Morgan fingerprint density at radius 3 is 2.56 bits per heavy atom. The van der Waals surface area contributed by atoms with Gasteiger partial charge in [0.2, 0.25) is 0 Å². The summed E-state index contributed by atoms with van der Waals surface area (Å²) < 4.78 is 83.2. The van der Waals surface area contributed by atoms with Gasteiger partial charge < -0.3 is 9.08 Å². The fourth-order valence-corrected chi connectivity index (χ4v) is 6.62. The molecule has 5 rings (SSSR count). The molecule has 0 saturated carbocycles. The molecule has 2 aliphatic rings. The number of aryl methyl sites for hydroxylation is 1. The SMILES string of the molecule is Cc1cc(C(F)(F)F)nn1C=CN1CCC(c2nc(C3NCc4c(F)ccc(OS(C)(=O)=O)c4CN3)cs2)CC1C. The Morgan fingerprint density at radius 1 is 1.17 bits per heavy atom. The van der Waals surface area contributed by atoms with Gasteiger partial charge >= 0.3 is 16.3 Å². The van der Waals surface area contributed by atoms with Crippen molar-refractivity contribution in [2.24, 2.45) is 0 Å². The standard InChI is InChI=1S/C26H30F4N6O3S2/c1-15-10-17(6-7-35(15)8-9-36-16(2)11-23(34-36)26(28,29)30)25-33-21(14-40-25)24-31-12-18-19(13-32-24)22(5-4-20(18)27)39-41(3,37)38/h4-5,8-9,11,14-15,17,24,31-32H,6-7,10,12-13H2,1-3H3. The van der Waals surface area contributed by atoms with Gasteiger partial charge in [0.1, 0.15) is 17.7 Å². The van der Waals surface area contributed by atoms with E-state index in [4.69, 9.17) is 9.17 Å². The molecule has 1 fully saturated rings. The average molecular weight is 615 g/mol. The van der Waals surface area contributed by atoms with Gasteiger partial charge in [0.25, 0.3) is 0 Å². The minimum absolute atomic E-state index is 0.0936. The maximum absolute atomic E-state index is 14.6. The summed E-state index contributed by atoms with van der Waals surface area (Å²) in [6.07, 6.45) is 1.06. The van der Waals surface area contributed by atoms with Crippen LogP contribution in [0.15, 0.2) is 29.8 Å². The molecule has 0 bridgehead atoms. The van der Waals surface area contributed by atoms with Crippen molar-refractivity contribution in [3.8, 4) is 5.75 Å². The Kier molecular flexibility index (Phi) is 8.16. The molecule has 15 heteroatoms. The summed E-state index contributed by atoms with van der Waals surface area (Å²) >= 11 is 1.55. The number of nitrogens with zero attached hydrogens (tertiary/aromatic N) is 4. The van der Waals surface area contributed by atoms with Crippen molar-refractivity contribution in [3.63, 3.8) is 0 Å². The molecule has 9 nitrogen and oxygen atoms in total. The second-order valence-corrected chi connectivity index (χ2v) is 12.8. The van der Waals surface area contributed by atoms with Crippen molar-refractivity contribution < 1.29 is 30.2 Å². The van der Waals surface area contributed by atoms with E-state index in [2.05, 4.69) is 27.6 Å². The summed E-state index contributed by atoms with van der Waals surface area (Å²) in [6.45, 7) is 4.70. The van der Waals surface area contributed by atoms with Gasteiger partial charge in [0.05, 0.1) is 17.0 Å². The topological polar surface area (TPSA) is 101 Å². The molecule has 0 aliphatic carbocycles. The number of halogens is 4. The smallest absolute Gasteiger partial charge is 0.382 e. The minimum Gasteiger partial charge on any atom is -0.382 e. The van der Waals surface area contributed by atoms with Gasteiger partial charge in [-0.2, -0.15) is 26.7 Å². The van der Waals surface area contributed by atoms with E-state index in [0.29, 0.717) is 23.4 Å². The summed E-state index contributed by atoms with van der Waals surface area (Å²) in [6, 6.07) is 3.67. The molecule has 0 radical (unpaired) electrons. The van der Waals surface area contributed by atoms with Crippen LogP contribution in [0.2, 0.25) is 0 Å². The summed E-state index contributed by atoms with van der Waals surface area (Å²) in [4.78, 5) is 6.97. The molecule has 1 aromatic carbocycles. The summed E-state index contributed by atoms with van der Waals surface area (Å²) in [7, 11) is -3.78. The van der Waals surface area contributed by atoms with Crippen LogP contribution in [0.25, 0.3) is 6.20 Å². The van der Waals surface area contributed by atoms with E-state index in [1.165, 1.54) is 16.8 Å². The predicted molar refractivity (Wildman–Crippen MR) is 146 cm³/mol. The zero-order valence-electron chi connectivity index (χ0n) is 22.6. The number of benzene rings is 1. The van der Waals surface area contributed by atoms with Crippen molar-refractivity contribution in [2.75, 3.05) is 12.8 Å². The molecule has 0 spiro atoms. The fraction of sp³-hybridized carbons (Fsp3) is 0.462. The lowest BCUT2D eigenvalue weighted by atomic mass is 9.92. The first-order valence-corrected chi connectivity index (χ1v) is 15.7. The van der Waals surface area contributed by atoms with E-state index in [1.807, 2.05) is 5.38 Å². The van der Waals surface area contributed by atoms with Crippen molar-refractivity contribution >= 4 is 27.7 Å². The maximum atomic E-state index is 14.6. The quantitative estimate of drug-likeness (QED) is 0.304. The van der Waals surface area contributed by atoms with Gasteiger partial charge in [-0.15, -0.1) is 11.3 Å². The number of hydrogen-bond acceptors (Lipinski definition) is 9. The normalized spacial score (nSPS) is 22.1. The third-order valence-corrected chi connectivity index (χ3v) is 8.77. The molecule has 3 unspecified atom stereocenters. The average Bonchev–Trinajstić information content (AvgIpc) is 3.45. The van der Waals surface area contributed by atoms with Gasteiger partial charge in [-0.3, -0.25) is 10.6 Å². The van der Waals surface area contributed by atoms with Gasteiger partial charge in [-0.1, -0.05) is 0 Å². The highest BCUT2D eigenvalue weighted by Gasteiger charge is 2.34. The highest BCUT2D eigenvalue weighted by Crippen LogP contribution is 2.35. The summed E-state index contributed by atoms with van der Waals surface area (Å²) in [5.41, 5.74) is 1.02. The monoisotopic (exact) mass is 614 g/mol. The van der Waals surface area contributed by atoms with E-state index in [0.717, 1.165) is 35.9 Å². The first-order valence-electron chi connectivity index (χ1n) is 13.0. The number of aromatic nitrogens is 3. The number of fused-ring (bicyclic) bond motifs is 1. The van der Waals surface area contributed by atoms with E-state index in [1.54, 1.807) is 30.7 Å². The first kappa shape index (κ1) is 29.5. The molecule has 3 atom stereocenters. The number of thiazole rings is 1. The number of alkyl halides is 3. The van der Waals surface area contributed by atoms with Gasteiger partial charge in [0, 0.05) is 66.2 Å². The van der Waals surface area contributed by atoms with Crippen LogP contribution in [-0.4, -0.2) is 46.9 Å². The van der Waals surface area contributed by atoms with Gasteiger partial charge in [0.15, 0.2) is 5.69 Å². The lowest BCUT2D eigenvalue weighted by Crippen LogP contribution is -2.36. The highest BCUT2D eigenvalue weighted by atomic mass is 32.2. The van der Waals surface area contributed by atoms with Gasteiger partial charge in [-0.25, -0.2) is 14.1 Å². The molecule has 0 amide bonds. The second kappa shape index (κ2) is 11.3. The van der Waals surface area contributed by atoms with E-state index in [-0.39, 0.29) is 37.0 Å². The third-order valence-electron chi connectivity index (χ3n) is 7.26. The van der Waals surface area contributed by atoms with Crippen molar-refractivity contribution in [3.05, 3.63) is 68.8 Å². The van der Waals surface area contributed by atoms with Crippen LogP contribution in [0, 0.1) is 12.7 Å². The molecule has 4 heterocycles. The highest BCUT2D eigenvalue weighted by molar-refractivity contribution is 7.86. The lowest BCUT2D eigenvalue weighted by molar-refractivity contribution is -0.141. The number of likely N-dealkylation sites (tertiary alicyclic amines) is 1. The van der Waals surface area contributed by atoms with Crippen LogP contribution in [0.1, 0.15) is 65.1 Å².